The Bertz CT molecular complexity index is 684. The summed E-state index contributed by atoms with van der Waals surface area (Å²) in [6, 6.07) is 3.69. The van der Waals surface area contributed by atoms with Gasteiger partial charge in [-0.15, -0.1) is 0 Å². The normalized spacial score (nSPS) is 32.0. The van der Waals surface area contributed by atoms with Crippen molar-refractivity contribution in [1.82, 2.24) is 14.6 Å². The Morgan fingerprint density at radius 3 is 2.91 bits per heavy atom. The Labute approximate surface area is 128 Å². The number of rotatable bonds is 4. The van der Waals surface area contributed by atoms with Gasteiger partial charge in [-0.1, -0.05) is 0 Å². The first kappa shape index (κ1) is 15.4. The van der Waals surface area contributed by atoms with E-state index in [-0.39, 0.29) is 13.0 Å². The van der Waals surface area contributed by atoms with E-state index >= 15 is 0 Å². The lowest BCUT2D eigenvalue weighted by molar-refractivity contribution is -0.298. The molecule has 22 heavy (non-hydrogen) atoms. The number of ether oxygens (including phenoxy) is 2. The fourth-order valence-electron chi connectivity index (χ4n) is 3.19. The van der Waals surface area contributed by atoms with E-state index < -0.39 is 17.5 Å². The SMILES string of the molecule is CCOC1(c2ccc3c(C)ncnn23)O[C@H](CO)C[C@@]1(C)O. The zero-order chi connectivity index (χ0) is 16.0. The average molecular weight is 307 g/mol. The predicted molar refractivity (Wildman–Crippen MR) is 78.2 cm³/mol. The molecule has 1 unspecified atom stereocenters. The van der Waals surface area contributed by atoms with Crippen molar-refractivity contribution in [2.24, 2.45) is 0 Å². The van der Waals surface area contributed by atoms with Gasteiger partial charge in [0.2, 0.25) is 5.79 Å². The highest BCUT2D eigenvalue weighted by Crippen LogP contribution is 2.48. The Morgan fingerprint density at radius 2 is 2.27 bits per heavy atom. The van der Waals surface area contributed by atoms with Crippen LogP contribution < -0.4 is 0 Å². The summed E-state index contributed by atoms with van der Waals surface area (Å²) in [5.74, 6) is -1.37. The lowest BCUT2D eigenvalue weighted by Gasteiger charge is -2.37. The van der Waals surface area contributed by atoms with Crippen molar-refractivity contribution in [2.45, 2.75) is 44.7 Å². The number of aliphatic hydroxyl groups is 2. The van der Waals surface area contributed by atoms with Crippen LogP contribution in [-0.2, 0) is 15.3 Å². The topological polar surface area (TPSA) is 89.1 Å². The van der Waals surface area contributed by atoms with E-state index in [9.17, 15) is 10.2 Å². The minimum absolute atomic E-state index is 0.178. The summed E-state index contributed by atoms with van der Waals surface area (Å²) in [6.07, 6.45) is 1.24. The molecule has 1 aliphatic heterocycles. The van der Waals surface area contributed by atoms with Gasteiger partial charge in [-0.25, -0.2) is 9.50 Å². The van der Waals surface area contributed by atoms with Gasteiger partial charge in [0, 0.05) is 13.0 Å². The van der Waals surface area contributed by atoms with Crippen LogP contribution in [0.25, 0.3) is 5.52 Å². The van der Waals surface area contributed by atoms with Crippen molar-refractivity contribution < 1.29 is 19.7 Å². The van der Waals surface area contributed by atoms with Crippen LogP contribution in [0.15, 0.2) is 18.5 Å². The minimum Gasteiger partial charge on any atom is -0.394 e. The second-order valence-corrected chi connectivity index (χ2v) is 5.81. The van der Waals surface area contributed by atoms with Gasteiger partial charge in [0.1, 0.15) is 17.6 Å². The zero-order valence-corrected chi connectivity index (χ0v) is 13.0. The molecule has 7 nitrogen and oxygen atoms in total. The first-order chi connectivity index (χ1) is 10.4. The second kappa shape index (κ2) is 5.27. The standard InChI is InChI=1S/C15H21N3O4/c1-4-21-15(14(3,20)7-11(8-19)22-15)13-6-5-12-10(2)16-9-17-18(12)13/h5-6,9,11,19-20H,4,7-8H2,1-3H3/t11-,14+,15?/m0/s1. The van der Waals surface area contributed by atoms with Crippen molar-refractivity contribution in [3.05, 3.63) is 29.8 Å². The molecule has 0 aromatic carbocycles. The number of aliphatic hydroxyl groups excluding tert-OH is 1. The van der Waals surface area contributed by atoms with E-state index in [4.69, 9.17) is 9.47 Å². The number of aromatic nitrogens is 3. The molecule has 0 bridgehead atoms. The molecular weight excluding hydrogens is 286 g/mol. The van der Waals surface area contributed by atoms with Crippen LogP contribution >= 0.6 is 0 Å². The molecule has 3 rings (SSSR count). The molecule has 1 fully saturated rings. The highest BCUT2D eigenvalue weighted by atomic mass is 16.7. The molecule has 3 heterocycles. The van der Waals surface area contributed by atoms with E-state index in [1.807, 2.05) is 26.0 Å². The van der Waals surface area contributed by atoms with Crippen molar-refractivity contribution >= 4 is 5.52 Å². The van der Waals surface area contributed by atoms with E-state index in [2.05, 4.69) is 10.1 Å². The van der Waals surface area contributed by atoms with Crippen LogP contribution in [0.4, 0.5) is 0 Å². The monoisotopic (exact) mass is 307 g/mol. The van der Waals surface area contributed by atoms with Gasteiger partial charge in [-0.3, -0.25) is 0 Å². The van der Waals surface area contributed by atoms with E-state index in [1.165, 1.54) is 6.33 Å². The first-order valence-corrected chi connectivity index (χ1v) is 7.40. The van der Waals surface area contributed by atoms with Gasteiger partial charge in [0.05, 0.1) is 23.9 Å². The van der Waals surface area contributed by atoms with Crippen LogP contribution in [0.5, 0.6) is 0 Å². The fourth-order valence-corrected chi connectivity index (χ4v) is 3.19. The van der Waals surface area contributed by atoms with Gasteiger partial charge in [0.15, 0.2) is 0 Å². The Hall–Kier alpha value is -1.54. The van der Waals surface area contributed by atoms with Gasteiger partial charge >= 0.3 is 0 Å². The maximum absolute atomic E-state index is 10.9. The van der Waals surface area contributed by atoms with Crippen molar-refractivity contribution in [1.29, 1.82) is 0 Å². The molecule has 0 saturated carbocycles. The van der Waals surface area contributed by atoms with E-state index in [1.54, 1.807) is 11.4 Å². The molecule has 1 saturated heterocycles. The van der Waals surface area contributed by atoms with E-state index in [0.29, 0.717) is 12.3 Å². The quantitative estimate of drug-likeness (QED) is 0.867. The molecular formula is C15H21N3O4. The third kappa shape index (κ3) is 2.04. The third-order valence-corrected chi connectivity index (χ3v) is 4.20. The molecule has 0 amide bonds. The third-order valence-electron chi connectivity index (χ3n) is 4.20. The van der Waals surface area contributed by atoms with Crippen molar-refractivity contribution in [3.8, 4) is 0 Å². The number of hydrogen-bond acceptors (Lipinski definition) is 6. The van der Waals surface area contributed by atoms with Gasteiger partial charge in [-0.05, 0) is 32.9 Å². The summed E-state index contributed by atoms with van der Waals surface area (Å²) in [7, 11) is 0. The molecule has 0 aliphatic carbocycles. The van der Waals surface area contributed by atoms with Gasteiger partial charge in [0.25, 0.3) is 0 Å². The lowest BCUT2D eigenvalue weighted by Crippen LogP contribution is -2.49. The molecule has 3 atom stereocenters. The Balaban J connectivity index is 2.20. The molecule has 2 aromatic rings. The summed E-state index contributed by atoms with van der Waals surface area (Å²) in [6.45, 7) is 5.56. The Kier molecular flexibility index (Phi) is 3.68. The van der Waals surface area contributed by atoms with Crippen LogP contribution in [0.2, 0.25) is 0 Å². The number of aryl methyl sites for hydroxylation is 1. The van der Waals surface area contributed by atoms with Crippen molar-refractivity contribution in [3.63, 3.8) is 0 Å². The van der Waals surface area contributed by atoms with E-state index in [0.717, 1.165) is 11.2 Å². The largest absolute Gasteiger partial charge is 0.394 e. The maximum Gasteiger partial charge on any atom is 0.242 e. The molecule has 7 heteroatoms. The molecule has 120 valence electrons. The van der Waals surface area contributed by atoms with Crippen LogP contribution in [0.1, 0.15) is 31.7 Å². The summed E-state index contributed by atoms with van der Waals surface area (Å²) in [4.78, 5) is 4.17. The number of fused-ring (bicyclic) bond motifs is 1. The summed E-state index contributed by atoms with van der Waals surface area (Å²) in [5, 5.41) is 24.6. The van der Waals surface area contributed by atoms with Gasteiger partial charge < -0.3 is 19.7 Å². The van der Waals surface area contributed by atoms with Crippen LogP contribution in [0.3, 0.4) is 0 Å². The summed E-state index contributed by atoms with van der Waals surface area (Å²) in [5.41, 5.74) is 0.951. The van der Waals surface area contributed by atoms with Crippen LogP contribution in [-0.4, -0.2) is 49.7 Å². The minimum atomic E-state index is -1.37. The maximum atomic E-state index is 10.9. The highest BCUT2D eigenvalue weighted by Gasteiger charge is 2.60. The average Bonchev–Trinajstić information content (AvgIpc) is 3.00. The van der Waals surface area contributed by atoms with Crippen LogP contribution in [0, 0.1) is 6.92 Å². The summed E-state index contributed by atoms with van der Waals surface area (Å²) < 4.78 is 13.5. The molecule has 1 aliphatic rings. The lowest BCUT2D eigenvalue weighted by atomic mass is 9.90. The number of nitrogens with zero attached hydrogens (tertiary/aromatic N) is 3. The Morgan fingerprint density at radius 1 is 1.50 bits per heavy atom. The zero-order valence-electron chi connectivity index (χ0n) is 13.0. The number of hydrogen-bond donors (Lipinski definition) is 2. The molecule has 0 radical (unpaired) electrons. The van der Waals surface area contributed by atoms with Gasteiger partial charge in [-0.2, -0.15) is 5.10 Å². The molecule has 2 N–H and O–H groups in total. The fraction of sp³-hybridized carbons (Fsp3) is 0.600. The second-order valence-electron chi connectivity index (χ2n) is 5.81. The first-order valence-electron chi connectivity index (χ1n) is 7.40. The smallest absolute Gasteiger partial charge is 0.242 e. The molecule has 2 aromatic heterocycles. The molecule has 0 spiro atoms. The van der Waals surface area contributed by atoms with Crippen molar-refractivity contribution in [2.75, 3.05) is 13.2 Å². The summed E-state index contributed by atoms with van der Waals surface area (Å²) >= 11 is 0. The highest BCUT2D eigenvalue weighted by molar-refractivity contribution is 5.53. The predicted octanol–water partition coefficient (Wildman–Crippen LogP) is 0.759.